The lowest BCUT2D eigenvalue weighted by molar-refractivity contribution is -0.137. The molecule has 2 aromatic rings. The van der Waals surface area contributed by atoms with Gasteiger partial charge in [-0.3, -0.25) is 14.5 Å². The SMILES string of the molecule is O=C1c2ccc(C(F)(F)F)cc2C(=O)N1Cc1ccccc1. The molecule has 3 rings (SSSR count). The van der Waals surface area contributed by atoms with Crippen molar-refractivity contribution in [1.82, 2.24) is 4.90 Å². The molecule has 22 heavy (non-hydrogen) atoms. The van der Waals surface area contributed by atoms with Crippen LogP contribution in [0, 0.1) is 0 Å². The van der Waals surface area contributed by atoms with E-state index in [1.54, 1.807) is 30.3 Å². The Morgan fingerprint density at radius 1 is 0.864 bits per heavy atom. The molecule has 0 atom stereocenters. The van der Waals surface area contributed by atoms with Crippen molar-refractivity contribution in [3.63, 3.8) is 0 Å². The second-order valence-electron chi connectivity index (χ2n) is 4.94. The fourth-order valence-electron chi connectivity index (χ4n) is 2.38. The van der Waals surface area contributed by atoms with Crippen molar-refractivity contribution in [3.8, 4) is 0 Å². The van der Waals surface area contributed by atoms with Gasteiger partial charge < -0.3 is 0 Å². The van der Waals surface area contributed by atoms with Crippen molar-refractivity contribution in [2.75, 3.05) is 0 Å². The summed E-state index contributed by atoms with van der Waals surface area (Å²) in [6.07, 6.45) is -4.55. The van der Waals surface area contributed by atoms with E-state index in [1.807, 2.05) is 0 Å². The number of amides is 2. The number of halogens is 3. The van der Waals surface area contributed by atoms with Gasteiger partial charge in [0, 0.05) is 0 Å². The quantitative estimate of drug-likeness (QED) is 0.796. The van der Waals surface area contributed by atoms with E-state index < -0.39 is 23.6 Å². The highest BCUT2D eigenvalue weighted by molar-refractivity contribution is 6.21. The summed E-state index contributed by atoms with van der Waals surface area (Å²) < 4.78 is 38.1. The highest BCUT2D eigenvalue weighted by Gasteiger charge is 2.39. The molecule has 1 aliphatic heterocycles. The van der Waals surface area contributed by atoms with Gasteiger partial charge in [0.15, 0.2) is 0 Å². The van der Waals surface area contributed by atoms with Gasteiger partial charge in [-0.25, -0.2) is 0 Å². The minimum Gasteiger partial charge on any atom is -0.270 e. The van der Waals surface area contributed by atoms with Crippen LogP contribution in [0.1, 0.15) is 31.8 Å². The van der Waals surface area contributed by atoms with Gasteiger partial charge in [0.2, 0.25) is 0 Å². The Labute approximate surface area is 124 Å². The molecule has 0 unspecified atom stereocenters. The molecule has 0 bridgehead atoms. The fourth-order valence-corrected chi connectivity index (χ4v) is 2.38. The van der Waals surface area contributed by atoms with Gasteiger partial charge >= 0.3 is 6.18 Å². The van der Waals surface area contributed by atoms with E-state index in [4.69, 9.17) is 0 Å². The van der Waals surface area contributed by atoms with Gasteiger partial charge in [0.1, 0.15) is 0 Å². The molecule has 0 aromatic heterocycles. The monoisotopic (exact) mass is 305 g/mol. The second kappa shape index (κ2) is 4.98. The molecule has 0 N–H and O–H groups in total. The summed E-state index contributed by atoms with van der Waals surface area (Å²) in [5.74, 6) is -1.27. The number of fused-ring (bicyclic) bond motifs is 1. The van der Waals surface area contributed by atoms with Gasteiger partial charge in [0.25, 0.3) is 11.8 Å². The number of nitrogens with zero attached hydrogens (tertiary/aromatic N) is 1. The van der Waals surface area contributed by atoms with E-state index in [-0.39, 0.29) is 17.7 Å². The van der Waals surface area contributed by atoms with Crippen LogP contribution >= 0.6 is 0 Å². The Bertz CT molecular complexity index is 754. The Morgan fingerprint density at radius 2 is 1.50 bits per heavy atom. The van der Waals surface area contributed by atoms with Crippen molar-refractivity contribution in [1.29, 1.82) is 0 Å². The zero-order valence-electron chi connectivity index (χ0n) is 11.2. The molecular weight excluding hydrogens is 295 g/mol. The molecule has 0 fully saturated rings. The first-order chi connectivity index (χ1) is 10.4. The van der Waals surface area contributed by atoms with Crippen LogP contribution in [0.4, 0.5) is 13.2 Å². The molecular formula is C16H10F3NO2. The maximum atomic E-state index is 12.7. The third-order valence-corrected chi connectivity index (χ3v) is 3.48. The van der Waals surface area contributed by atoms with Crippen LogP contribution in [-0.2, 0) is 12.7 Å². The van der Waals surface area contributed by atoms with Crippen molar-refractivity contribution < 1.29 is 22.8 Å². The Morgan fingerprint density at radius 3 is 2.14 bits per heavy atom. The van der Waals surface area contributed by atoms with Crippen molar-refractivity contribution in [3.05, 3.63) is 70.8 Å². The molecule has 6 heteroatoms. The summed E-state index contributed by atoms with van der Waals surface area (Å²) in [4.78, 5) is 25.4. The van der Waals surface area contributed by atoms with Crippen LogP contribution in [0.2, 0.25) is 0 Å². The number of carbonyl (C=O) groups excluding carboxylic acids is 2. The minimum atomic E-state index is -4.55. The van der Waals surface area contributed by atoms with Crippen molar-refractivity contribution in [2.24, 2.45) is 0 Å². The molecule has 0 aliphatic carbocycles. The number of benzene rings is 2. The fraction of sp³-hybridized carbons (Fsp3) is 0.125. The van der Waals surface area contributed by atoms with E-state index in [1.165, 1.54) is 0 Å². The smallest absolute Gasteiger partial charge is 0.270 e. The minimum absolute atomic E-state index is 0.00827. The number of alkyl halides is 3. The Hall–Kier alpha value is -2.63. The lowest BCUT2D eigenvalue weighted by Crippen LogP contribution is -2.29. The van der Waals surface area contributed by atoms with Gasteiger partial charge in [-0.05, 0) is 23.8 Å². The van der Waals surface area contributed by atoms with Crippen molar-refractivity contribution in [2.45, 2.75) is 12.7 Å². The first kappa shape index (κ1) is 14.3. The van der Waals surface area contributed by atoms with E-state index >= 15 is 0 Å². The summed E-state index contributed by atoms with van der Waals surface area (Å²) in [6, 6.07) is 11.4. The van der Waals surface area contributed by atoms with E-state index in [0.717, 1.165) is 28.7 Å². The maximum Gasteiger partial charge on any atom is 0.416 e. The van der Waals surface area contributed by atoms with Crippen LogP contribution in [0.25, 0.3) is 0 Å². The molecule has 1 heterocycles. The van der Waals surface area contributed by atoms with Crippen LogP contribution in [0.3, 0.4) is 0 Å². The molecule has 3 nitrogen and oxygen atoms in total. The highest BCUT2D eigenvalue weighted by atomic mass is 19.4. The van der Waals surface area contributed by atoms with E-state index in [9.17, 15) is 22.8 Å². The molecule has 0 saturated heterocycles. The molecule has 2 amide bonds. The largest absolute Gasteiger partial charge is 0.416 e. The number of imide groups is 1. The first-order valence-corrected chi connectivity index (χ1v) is 6.49. The molecule has 0 spiro atoms. The van der Waals surface area contributed by atoms with Gasteiger partial charge in [0.05, 0.1) is 23.2 Å². The first-order valence-electron chi connectivity index (χ1n) is 6.49. The van der Waals surface area contributed by atoms with Crippen LogP contribution in [-0.4, -0.2) is 16.7 Å². The molecule has 112 valence electrons. The number of rotatable bonds is 2. The Kier molecular flexibility index (Phi) is 3.24. The van der Waals surface area contributed by atoms with E-state index in [2.05, 4.69) is 0 Å². The normalized spacial score (nSPS) is 14.4. The average molecular weight is 305 g/mol. The summed E-state index contributed by atoms with van der Waals surface area (Å²) in [7, 11) is 0. The predicted molar refractivity (Wildman–Crippen MR) is 72.1 cm³/mol. The number of hydrogen-bond acceptors (Lipinski definition) is 2. The standard InChI is InChI=1S/C16H10F3NO2/c17-16(18,19)11-6-7-12-13(8-11)15(22)20(14(12)21)9-10-4-2-1-3-5-10/h1-8H,9H2. The summed E-state index contributed by atoms with van der Waals surface area (Å²) in [6.45, 7) is 0.0362. The summed E-state index contributed by atoms with van der Waals surface area (Å²) >= 11 is 0. The average Bonchev–Trinajstić information content (AvgIpc) is 2.72. The third-order valence-electron chi connectivity index (χ3n) is 3.48. The maximum absolute atomic E-state index is 12.7. The van der Waals surface area contributed by atoms with Gasteiger partial charge in [-0.15, -0.1) is 0 Å². The van der Waals surface area contributed by atoms with E-state index in [0.29, 0.717) is 0 Å². The molecule has 0 saturated carbocycles. The zero-order chi connectivity index (χ0) is 15.9. The predicted octanol–water partition coefficient (Wildman–Crippen LogP) is 3.50. The third kappa shape index (κ3) is 2.36. The number of hydrogen-bond donors (Lipinski definition) is 0. The number of carbonyl (C=O) groups is 2. The van der Waals surface area contributed by atoms with Crippen LogP contribution in [0.15, 0.2) is 48.5 Å². The van der Waals surface area contributed by atoms with Gasteiger partial charge in [-0.2, -0.15) is 13.2 Å². The summed E-state index contributed by atoms with van der Waals surface area (Å²) in [5.41, 5.74) is -0.397. The van der Waals surface area contributed by atoms with Crippen LogP contribution < -0.4 is 0 Å². The van der Waals surface area contributed by atoms with Crippen LogP contribution in [0.5, 0.6) is 0 Å². The summed E-state index contributed by atoms with van der Waals surface area (Å²) in [5, 5.41) is 0. The topological polar surface area (TPSA) is 37.4 Å². The zero-order valence-corrected chi connectivity index (χ0v) is 11.2. The lowest BCUT2D eigenvalue weighted by Gasteiger charge is -2.13. The molecule has 0 radical (unpaired) electrons. The lowest BCUT2D eigenvalue weighted by atomic mass is 10.1. The second-order valence-corrected chi connectivity index (χ2v) is 4.94. The highest BCUT2D eigenvalue weighted by Crippen LogP contribution is 2.33. The van der Waals surface area contributed by atoms with Crippen molar-refractivity contribution >= 4 is 11.8 Å². The molecule has 1 aliphatic rings. The molecule has 2 aromatic carbocycles. The van der Waals surface area contributed by atoms with Gasteiger partial charge in [-0.1, -0.05) is 30.3 Å². The Balaban J connectivity index is 1.95.